The third-order valence-corrected chi connectivity index (χ3v) is 4.27. The number of hydrogen-bond acceptors (Lipinski definition) is 2. The summed E-state index contributed by atoms with van der Waals surface area (Å²) >= 11 is 0. The summed E-state index contributed by atoms with van der Waals surface area (Å²) in [6.45, 7) is 2.56. The minimum absolute atomic E-state index is 0.800. The van der Waals surface area contributed by atoms with Gasteiger partial charge in [0, 0.05) is 18.6 Å². The van der Waals surface area contributed by atoms with Crippen LogP contribution in [0.3, 0.4) is 0 Å². The van der Waals surface area contributed by atoms with Gasteiger partial charge in [-0.1, -0.05) is 0 Å². The predicted octanol–water partition coefficient (Wildman–Crippen LogP) is 1.08. The maximum Gasteiger partial charge on any atom is 0.0209 e. The van der Waals surface area contributed by atoms with Gasteiger partial charge in [0.2, 0.25) is 0 Å². The van der Waals surface area contributed by atoms with Crippen LogP contribution in [0.1, 0.15) is 25.7 Å². The molecule has 0 aromatic rings. The topological polar surface area (TPSA) is 15.3 Å². The van der Waals surface area contributed by atoms with Crippen LogP contribution in [0.2, 0.25) is 0 Å². The molecular weight excluding hydrogens is 160 g/mol. The Kier molecular flexibility index (Phi) is 1.88. The van der Waals surface area contributed by atoms with Crippen molar-refractivity contribution in [2.75, 3.05) is 20.1 Å². The molecule has 2 bridgehead atoms. The number of likely N-dealkylation sites (tertiary alicyclic amines) is 1. The molecule has 1 saturated heterocycles. The first-order valence-corrected chi connectivity index (χ1v) is 5.76. The predicted molar refractivity (Wildman–Crippen MR) is 53.7 cm³/mol. The molecule has 2 atom stereocenters. The second-order valence-corrected chi connectivity index (χ2v) is 5.35. The average Bonchev–Trinajstić information content (AvgIpc) is 2.63. The molecule has 0 spiro atoms. The van der Waals surface area contributed by atoms with E-state index in [1.165, 1.54) is 38.8 Å². The summed E-state index contributed by atoms with van der Waals surface area (Å²) in [4.78, 5) is 2.44. The van der Waals surface area contributed by atoms with Crippen molar-refractivity contribution in [3.8, 4) is 0 Å². The van der Waals surface area contributed by atoms with E-state index in [1.807, 2.05) is 0 Å². The lowest BCUT2D eigenvalue weighted by molar-refractivity contribution is 0.273. The molecule has 4 rings (SSSR count). The Balaban J connectivity index is 1.52. The van der Waals surface area contributed by atoms with Crippen molar-refractivity contribution in [2.45, 2.75) is 37.8 Å². The molecule has 1 aliphatic heterocycles. The summed E-state index contributed by atoms with van der Waals surface area (Å²) in [6, 6.07) is 1.69. The molecule has 1 unspecified atom stereocenters. The summed E-state index contributed by atoms with van der Waals surface area (Å²) in [6.07, 6.45) is 5.90. The molecule has 3 aliphatic carbocycles. The molecule has 0 radical (unpaired) electrons. The third-order valence-electron chi connectivity index (χ3n) is 4.27. The van der Waals surface area contributed by atoms with Gasteiger partial charge in [-0.25, -0.2) is 0 Å². The molecule has 0 aromatic heterocycles. The Bertz CT molecular complexity index is 198. The maximum atomic E-state index is 3.86. The highest BCUT2D eigenvalue weighted by Crippen LogP contribution is 2.48. The van der Waals surface area contributed by atoms with Crippen LogP contribution >= 0.6 is 0 Å². The Morgan fingerprint density at radius 3 is 2.62 bits per heavy atom. The second kappa shape index (κ2) is 2.96. The molecule has 2 nitrogen and oxygen atoms in total. The first-order chi connectivity index (χ1) is 6.31. The number of nitrogens with zero attached hydrogens (tertiary/aromatic N) is 1. The van der Waals surface area contributed by atoms with Crippen LogP contribution in [0, 0.1) is 11.8 Å². The zero-order valence-corrected chi connectivity index (χ0v) is 8.50. The molecule has 1 N–H and O–H groups in total. The van der Waals surface area contributed by atoms with Crippen molar-refractivity contribution in [2.24, 2.45) is 11.8 Å². The molecule has 74 valence electrons. The monoisotopic (exact) mass is 180 g/mol. The summed E-state index contributed by atoms with van der Waals surface area (Å²) in [5.41, 5.74) is 0. The Hall–Kier alpha value is -0.0800. The lowest BCUT2D eigenvalue weighted by Gasteiger charge is -2.26. The van der Waals surface area contributed by atoms with Crippen LogP contribution in [0.4, 0.5) is 0 Å². The van der Waals surface area contributed by atoms with Gasteiger partial charge in [-0.15, -0.1) is 0 Å². The minimum Gasteiger partial charge on any atom is -0.310 e. The van der Waals surface area contributed by atoms with Gasteiger partial charge in [0.15, 0.2) is 0 Å². The van der Waals surface area contributed by atoms with E-state index in [2.05, 4.69) is 17.3 Å². The Morgan fingerprint density at radius 2 is 2.08 bits per heavy atom. The molecule has 4 fully saturated rings. The number of rotatable bonds is 2. The van der Waals surface area contributed by atoms with E-state index < -0.39 is 0 Å². The molecule has 3 saturated carbocycles. The normalized spacial score (nSPS) is 49.6. The summed E-state index contributed by atoms with van der Waals surface area (Å²) in [7, 11) is 2.23. The molecule has 0 aromatic carbocycles. The van der Waals surface area contributed by atoms with Crippen molar-refractivity contribution >= 4 is 0 Å². The van der Waals surface area contributed by atoms with Gasteiger partial charge in [0.05, 0.1) is 0 Å². The fraction of sp³-hybridized carbons (Fsp3) is 1.00. The van der Waals surface area contributed by atoms with E-state index in [4.69, 9.17) is 0 Å². The van der Waals surface area contributed by atoms with Gasteiger partial charge in [-0.2, -0.15) is 0 Å². The zero-order chi connectivity index (χ0) is 8.84. The van der Waals surface area contributed by atoms with Gasteiger partial charge in [0.1, 0.15) is 0 Å². The number of likely N-dealkylation sites (N-methyl/N-ethyl adjacent to an activating group) is 1. The van der Waals surface area contributed by atoms with Gasteiger partial charge < -0.3 is 10.2 Å². The van der Waals surface area contributed by atoms with E-state index in [-0.39, 0.29) is 0 Å². The van der Waals surface area contributed by atoms with Crippen LogP contribution in [-0.4, -0.2) is 37.1 Å². The smallest absolute Gasteiger partial charge is 0.0209 e. The fourth-order valence-electron chi connectivity index (χ4n) is 3.44. The van der Waals surface area contributed by atoms with Crippen LogP contribution in [-0.2, 0) is 0 Å². The second-order valence-electron chi connectivity index (χ2n) is 5.35. The van der Waals surface area contributed by atoms with Crippen molar-refractivity contribution < 1.29 is 0 Å². The number of fused-ring (bicyclic) bond motifs is 1. The van der Waals surface area contributed by atoms with Gasteiger partial charge >= 0.3 is 0 Å². The highest BCUT2D eigenvalue weighted by atomic mass is 15.2. The molecule has 4 aliphatic rings. The van der Waals surface area contributed by atoms with Gasteiger partial charge in [0.25, 0.3) is 0 Å². The first kappa shape index (κ1) is 8.25. The van der Waals surface area contributed by atoms with E-state index in [9.17, 15) is 0 Å². The van der Waals surface area contributed by atoms with Crippen LogP contribution in [0.15, 0.2) is 0 Å². The maximum absolute atomic E-state index is 3.86. The Labute approximate surface area is 80.7 Å². The van der Waals surface area contributed by atoms with Crippen LogP contribution < -0.4 is 5.32 Å². The SMILES string of the molecule is CN1CC[C@H](NC2CC3CC2C3)C1. The molecule has 1 heterocycles. The zero-order valence-electron chi connectivity index (χ0n) is 8.50. The lowest BCUT2D eigenvalue weighted by atomic mass is 9.84. The van der Waals surface area contributed by atoms with Crippen LogP contribution in [0.25, 0.3) is 0 Å². The Morgan fingerprint density at radius 1 is 1.23 bits per heavy atom. The average molecular weight is 180 g/mol. The van der Waals surface area contributed by atoms with Crippen molar-refractivity contribution in [1.29, 1.82) is 0 Å². The molecular formula is C11H20N2. The van der Waals surface area contributed by atoms with Crippen LogP contribution in [0.5, 0.6) is 0 Å². The van der Waals surface area contributed by atoms with E-state index in [1.54, 1.807) is 0 Å². The van der Waals surface area contributed by atoms with E-state index in [0.29, 0.717) is 0 Å². The highest BCUT2D eigenvalue weighted by Gasteiger charge is 2.44. The minimum atomic E-state index is 0.800. The molecule has 13 heavy (non-hydrogen) atoms. The van der Waals surface area contributed by atoms with Crippen molar-refractivity contribution in [1.82, 2.24) is 10.2 Å². The largest absolute Gasteiger partial charge is 0.310 e. The molecule has 0 amide bonds. The highest BCUT2D eigenvalue weighted by molar-refractivity contribution is 5.00. The van der Waals surface area contributed by atoms with Gasteiger partial charge in [-0.05, 0) is 51.1 Å². The first-order valence-electron chi connectivity index (χ1n) is 5.76. The lowest BCUT2D eigenvalue weighted by Crippen LogP contribution is -2.40. The van der Waals surface area contributed by atoms with Gasteiger partial charge in [-0.3, -0.25) is 0 Å². The summed E-state index contributed by atoms with van der Waals surface area (Å²) < 4.78 is 0. The van der Waals surface area contributed by atoms with Crippen molar-refractivity contribution in [3.05, 3.63) is 0 Å². The fourth-order valence-corrected chi connectivity index (χ4v) is 3.44. The number of nitrogens with one attached hydrogen (secondary N) is 1. The summed E-state index contributed by atoms with van der Waals surface area (Å²) in [5.74, 6) is 2.15. The van der Waals surface area contributed by atoms with E-state index in [0.717, 1.165) is 23.9 Å². The molecule has 2 heteroatoms. The quantitative estimate of drug-likeness (QED) is 0.684. The third kappa shape index (κ3) is 1.40. The number of hydrogen-bond donors (Lipinski definition) is 1. The summed E-state index contributed by atoms with van der Waals surface area (Å²) in [5, 5.41) is 3.86. The van der Waals surface area contributed by atoms with E-state index >= 15 is 0 Å². The van der Waals surface area contributed by atoms with Crippen molar-refractivity contribution in [3.63, 3.8) is 0 Å². The standard InChI is InChI=1S/C11H20N2/c1-13-3-2-10(7-13)12-11-6-8-4-9(11)5-8/h8-12H,2-7H2,1H3/t8?,9?,10-,11?/m0/s1.